The highest BCUT2D eigenvalue weighted by atomic mass is 16.5. The minimum Gasteiger partial charge on any atom is -0.492 e. The number of para-hydroxylation sites is 1. The number of benzene rings is 1. The monoisotopic (exact) mass is 276 g/mol. The Morgan fingerprint density at radius 3 is 2.65 bits per heavy atom. The quantitative estimate of drug-likeness (QED) is 0.895. The fraction of sp³-hybridized carbons (Fsp3) is 0.647. The Bertz CT molecular complexity index is 403. The standard InChI is InChI=1S/C17H28N2O/c1-14(2)16-12-19(17(3,4)13-18-16)10-11-20-15-8-6-5-7-9-15/h5-9,14,16,18H,10-13H2,1-4H3. The maximum Gasteiger partial charge on any atom is 0.119 e. The van der Waals surface area contributed by atoms with Crippen LogP contribution in [-0.2, 0) is 0 Å². The molecule has 1 fully saturated rings. The average molecular weight is 276 g/mol. The van der Waals surface area contributed by atoms with E-state index in [1.807, 2.05) is 30.3 Å². The molecule has 1 unspecified atom stereocenters. The molecule has 0 spiro atoms. The van der Waals surface area contributed by atoms with Crippen molar-refractivity contribution in [1.82, 2.24) is 10.2 Å². The first-order valence-corrected chi connectivity index (χ1v) is 7.65. The van der Waals surface area contributed by atoms with E-state index in [9.17, 15) is 0 Å². The van der Waals surface area contributed by atoms with Gasteiger partial charge in [-0.15, -0.1) is 0 Å². The number of hydrogen-bond acceptors (Lipinski definition) is 3. The van der Waals surface area contributed by atoms with Crippen molar-refractivity contribution < 1.29 is 4.74 Å². The van der Waals surface area contributed by atoms with Gasteiger partial charge in [-0.3, -0.25) is 4.90 Å². The molecule has 112 valence electrons. The van der Waals surface area contributed by atoms with Crippen molar-refractivity contribution in [1.29, 1.82) is 0 Å². The molecule has 0 amide bonds. The summed E-state index contributed by atoms with van der Waals surface area (Å²) in [6.07, 6.45) is 0. The van der Waals surface area contributed by atoms with E-state index in [0.29, 0.717) is 12.0 Å². The lowest BCUT2D eigenvalue weighted by atomic mass is 9.93. The molecule has 0 aliphatic carbocycles. The van der Waals surface area contributed by atoms with Crippen LogP contribution in [-0.4, -0.2) is 42.7 Å². The number of rotatable bonds is 5. The lowest BCUT2D eigenvalue weighted by Crippen LogP contribution is -2.63. The highest BCUT2D eigenvalue weighted by molar-refractivity contribution is 5.20. The fourth-order valence-corrected chi connectivity index (χ4v) is 2.67. The molecule has 1 aromatic rings. The number of nitrogens with zero attached hydrogens (tertiary/aromatic N) is 1. The van der Waals surface area contributed by atoms with Crippen LogP contribution in [0.4, 0.5) is 0 Å². The summed E-state index contributed by atoms with van der Waals surface area (Å²) in [5.41, 5.74) is 0.200. The van der Waals surface area contributed by atoms with Gasteiger partial charge in [0.1, 0.15) is 12.4 Å². The lowest BCUT2D eigenvalue weighted by Gasteiger charge is -2.47. The Balaban J connectivity index is 1.86. The third-order valence-electron chi connectivity index (χ3n) is 4.25. The van der Waals surface area contributed by atoms with E-state index >= 15 is 0 Å². The summed E-state index contributed by atoms with van der Waals surface area (Å²) in [6, 6.07) is 10.6. The zero-order chi connectivity index (χ0) is 14.6. The molecule has 3 nitrogen and oxygen atoms in total. The van der Waals surface area contributed by atoms with Crippen molar-refractivity contribution in [3.05, 3.63) is 30.3 Å². The van der Waals surface area contributed by atoms with Gasteiger partial charge in [0.05, 0.1) is 0 Å². The Morgan fingerprint density at radius 2 is 2.00 bits per heavy atom. The molecule has 3 heteroatoms. The zero-order valence-electron chi connectivity index (χ0n) is 13.2. The van der Waals surface area contributed by atoms with Gasteiger partial charge in [-0.25, -0.2) is 0 Å². The van der Waals surface area contributed by atoms with E-state index in [1.54, 1.807) is 0 Å². The molecule has 2 rings (SSSR count). The van der Waals surface area contributed by atoms with Gasteiger partial charge in [-0.2, -0.15) is 0 Å². The molecule has 0 radical (unpaired) electrons. The van der Waals surface area contributed by atoms with E-state index in [4.69, 9.17) is 4.74 Å². The molecule has 1 aliphatic heterocycles. The van der Waals surface area contributed by atoms with Gasteiger partial charge in [0.15, 0.2) is 0 Å². The molecule has 0 bridgehead atoms. The normalized spacial score (nSPS) is 22.9. The molecule has 1 saturated heterocycles. The second-order valence-electron chi connectivity index (χ2n) is 6.65. The first-order valence-electron chi connectivity index (χ1n) is 7.65. The van der Waals surface area contributed by atoms with Gasteiger partial charge in [0.2, 0.25) is 0 Å². The molecule has 1 heterocycles. The van der Waals surface area contributed by atoms with Crippen molar-refractivity contribution in [3.8, 4) is 5.75 Å². The van der Waals surface area contributed by atoms with E-state index in [-0.39, 0.29) is 5.54 Å². The second-order valence-corrected chi connectivity index (χ2v) is 6.65. The van der Waals surface area contributed by atoms with Crippen molar-refractivity contribution in [2.75, 3.05) is 26.2 Å². The minimum atomic E-state index is 0.200. The zero-order valence-corrected chi connectivity index (χ0v) is 13.2. The predicted molar refractivity (Wildman–Crippen MR) is 84.2 cm³/mol. The first-order chi connectivity index (χ1) is 9.49. The minimum absolute atomic E-state index is 0.200. The van der Waals surface area contributed by atoms with Gasteiger partial charge in [-0.1, -0.05) is 32.0 Å². The molecule has 1 aliphatic rings. The van der Waals surface area contributed by atoms with Gasteiger partial charge in [0.25, 0.3) is 0 Å². The third kappa shape index (κ3) is 3.97. The van der Waals surface area contributed by atoms with E-state index < -0.39 is 0 Å². The Hall–Kier alpha value is -1.06. The van der Waals surface area contributed by atoms with Gasteiger partial charge in [-0.05, 0) is 31.9 Å². The molecule has 0 aromatic heterocycles. The molecule has 20 heavy (non-hydrogen) atoms. The second kappa shape index (κ2) is 6.59. The summed E-state index contributed by atoms with van der Waals surface area (Å²) in [6.45, 7) is 13.1. The molecular formula is C17H28N2O. The van der Waals surface area contributed by atoms with Crippen molar-refractivity contribution in [3.63, 3.8) is 0 Å². The Morgan fingerprint density at radius 1 is 1.30 bits per heavy atom. The van der Waals surface area contributed by atoms with Gasteiger partial charge >= 0.3 is 0 Å². The summed E-state index contributed by atoms with van der Waals surface area (Å²) in [7, 11) is 0. The van der Waals surface area contributed by atoms with Crippen LogP contribution >= 0.6 is 0 Å². The lowest BCUT2D eigenvalue weighted by molar-refractivity contribution is 0.0429. The molecule has 1 aromatic carbocycles. The highest BCUT2D eigenvalue weighted by Gasteiger charge is 2.34. The average Bonchev–Trinajstić information content (AvgIpc) is 2.41. The van der Waals surface area contributed by atoms with Crippen LogP contribution in [0.25, 0.3) is 0 Å². The van der Waals surface area contributed by atoms with Gasteiger partial charge < -0.3 is 10.1 Å². The largest absolute Gasteiger partial charge is 0.492 e. The van der Waals surface area contributed by atoms with Crippen LogP contribution in [0, 0.1) is 5.92 Å². The van der Waals surface area contributed by atoms with Crippen molar-refractivity contribution >= 4 is 0 Å². The van der Waals surface area contributed by atoms with Crippen LogP contribution in [0.5, 0.6) is 5.75 Å². The molecule has 0 saturated carbocycles. The molecular weight excluding hydrogens is 248 g/mol. The van der Waals surface area contributed by atoms with Crippen LogP contribution < -0.4 is 10.1 Å². The Kier molecular flexibility index (Phi) is 5.06. The van der Waals surface area contributed by atoms with E-state index in [2.05, 4.69) is 37.9 Å². The van der Waals surface area contributed by atoms with Crippen LogP contribution in [0.2, 0.25) is 0 Å². The third-order valence-corrected chi connectivity index (χ3v) is 4.25. The predicted octanol–water partition coefficient (Wildman–Crippen LogP) is 2.77. The fourth-order valence-electron chi connectivity index (χ4n) is 2.67. The van der Waals surface area contributed by atoms with E-state index in [1.165, 1.54) is 0 Å². The maximum absolute atomic E-state index is 5.84. The first kappa shape index (κ1) is 15.3. The summed E-state index contributed by atoms with van der Waals surface area (Å²) >= 11 is 0. The summed E-state index contributed by atoms with van der Waals surface area (Å²) in [5, 5.41) is 3.66. The van der Waals surface area contributed by atoms with Gasteiger partial charge in [0, 0.05) is 31.2 Å². The number of ether oxygens (including phenoxy) is 1. The highest BCUT2D eigenvalue weighted by Crippen LogP contribution is 2.21. The van der Waals surface area contributed by atoms with Crippen molar-refractivity contribution in [2.45, 2.75) is 39.3 Å². The SMILES string of the molecule is CC(C)C1CN(CCOc2ccccc2)C(C)(C)CN1. The Labute approximate surface area is 123 Å². The van der Waals surface area contributed by atoms with Crippen LogP contribution in [0.1, 0.15) is 27.7 Å². The topological polar surface area (TPSA) is 24.5 Å². The smallest absolute Gasteiger partial charge is 0.119 e. The molecule has 1 atom stereocenters. The number of hydrogen-bond donors (Lipinski definition) is 1. The summed E-state index contributed by atoms with van der Waals surface area (Å²) in [4.78, 5) is 2.55. The summed E-state index contributed by atoms with van der Waals surface area (Å²) in [5.74, 6) is 1.63. The summed E-state index contributed by atoms with van der Waals surface area (Å²) < 4.78 is 5.84. The van der Waals surface area contributed by atoms with E-state index in [0.717, 1.165) is 32.0 Å². The van der Waals surface area contributed by atoms with Crippen molar-refractivity contribution in [2.24, 2.45) is 5.92 Å². The molecule has 1 N–H and O–H groups in total. The van der Waals surface area contributed by atoms with Crippen LogP contribution in [0.15, 0.2) is 30.3 Å². The number of nitrogens with one attached hydrogen (secondary N) is 1. The number of piperazine rings is 1. The maximum atomic E-state index is 5.84. The van der Waals surface area contributed by atoms with Crippen LogP contribution in [0.3, 0.4) is 0 Å².